The molecule has 0 aliphatic carbocycles. The SMILES string of the molecule is CN=C(NCc1cccn1C)NC1CCOCC1.I. The van der Waals surface area contributed by atoms with Crippen LogP contribution in [0.2, 0.25) is 0 Å². The van der Waals surface area contributed by atoms with Gasteiger partial charge in [-0.3, -0.25) is 4.99 Å². The molecule has 0 aromatic carbocycles. The van der Waals surface area contributed by atoms with Crippen LogP contribution in [-0.4, -0.2) is 36.8 Å². The van der Waals surface area contributed by atoms with Crippen molar-refractivity contribution >= 4 is 29.9 Å². The lowest BCUT2D eigenvalue weighted by atomic mass is 10.1. The summed E-state index contributed by atoms with van der Waals surface area (Å²) in [6.45, 7) is 2.46. The van der Waals surface area contributed by atoms with E-state index in [1.165, 1.54) is 5.69 Å². The van der Waals surface area contributed by atoms with Gasteiger partial charge in [0.25, 0.3) is 0 Å². The highest BCUT2D eigenvalue weighted by Crippen LogP contribution is 2.06. The summed E-state index contributed by atoms with van der Waals surface area (Å²) >= 11 is 0. The molecule has 0 unspecified atom stereocenters. The Hall–Kier alpha value is -0.760. The highest BCUT2D eigenvalue weighted by atomic mass is 127. The Bertz CT molecular complexity index is 399. The highest BCUT2D eigenvalue weighted by Gasteiger charge is 2.14. The molecule has 2 N–H and O–H groups in total. The van der Waals surface area contributed by atoms with Gasteiger partial charge in [-0.2, -0.15) is 0 Å². The van der Waals surface area contributed by atoms with Crippen LogP contribution in [0.25, 0.3) is 0 Å². The zero-order chi connectivity index (χ0) is 12.8. The van der Waals surface area contributed by atoms with Gasteiger partial charge in [-0.15, -0.1) is 24.0 Å². The molecule has 108 valence electrons. The van der Waals surface area contributed by atoms with Crippen molar-refractivity contribution in [3.8, 4) is 0 Å². The molecule has 2 heterocycles. The maximum atomic E-state index is 5.35. The van der Waals surface area contributed by atoms with Crippen molar-refractivity contribution in [2.75, 3.05) is 20.3 Å². The van der Waals surface area contributed by atoms with E-state index in [4.69, 9.17) is 4.74 Å². The summed E-state index contributed by atoms with van der Waals surface area (Å²) < 4.78 is 7.45. The summed E-state index contributed by atoms with van der Waals surface area (Å²) in [6.07, 6.45) is 4.14. The van der Waals surface area contributed by atoms with Crippen LogP contribution in [0.1, 0.15) is 18.5 Å². The van der Waals surface area contributed by atoms with Crippen molar-refractivity contribution in [2.45, 2.75) is 25.4 Å². The molecule has 0 spiro atoms. The van der Waals surface area contributed by atoms with Crippen molar-refractivity contribution in [1.29, 1.82) is 0 Å². The maximum Gasteiger partial charge on any atom is 0.191 e. The zero-order valence-electron chi connectivity index (χ0n) is 11.6. The average Bonchev–Trinajstić information content (AvgIpc) is 2.81. The van der Waals surface area contributed by atoms with Gasteiger partial charge >= 0.3 is 0 Å². The topological polar surface area (TPSA) is 50.6 Å². The molecule has 0 atom stereocenters. The molecule has 19 heavy (non-hydrogen) atoms. The Kier molecular flexibility index (Phi) is 7.22. The molecule has 5 nitrogen and oxygen atoms in total. The van der Waals surface area contributed by atoms with Crippen LogP contribution < -0.4 is 10.6 Å². The molecule has 0 saturated carbocycles. The molecule has 6 heteroatoms. The van der Waals surface area contributed by atoms with Gasteiger partial charge in [0.1, 0.15) is 0 Å². The van der Waals surface area contributed by atoms with E-state index in [0.29, 0.717) is 6.04 Å². The minimum absolute atomic E-state index is 0. The lowest BCUT2D eigenvalue weighted by molar-refractivity contribution is 0.0822. The van der Waals surface area contributed by atoms with Crippen molar-refractivity contribution in [3.63, 3.8) is 0 Å². The quantitative estimate of drug-likeness (QED) is 0.476. The van der Waals surface area contributed by atoms with E-state index in [1.807, 2.05) is 19.3 Å². The number of nitrogens with one attached hydrogen (secondary N) is 2. The summed E-state index contributed by atoms with van der Waals surface area (Å²) in [5.74, 6) is 0.864. The molecule has 1 aromatic heterocycles. The first-order valence-electron chi connectivity index (χ1n) is 6.44. The van der Waals surface area contributed by atoms with E-state index in [0.717, 1.165) is 38.6 Å². The summed E-state index contributed by atoms with van der Waals surface area (Å²) in [7, 11) is 3.85. The molecular weight excluding hydrogens is 355 g/mol. The van der Waals surface area contributed by atoms with Gasteiger partial charge in [-0.25, -0.2) is 0 Å². The Morgan fingerprint density at radius 3 is 2.79 bits per heavy atom. The fourth-order valence-corrected chi connectivity index (χ4v) is 2.08. The molecule has 0 bridgehead atoms. The van der Waals surface area contributed by atoms with Crippen LogP contribution in [-0.2, 0) is 18.3 Å². The third-order valence-corrected chi connectivity index (χ3v) is 3.27. The first-order chi connectivity index (χ1) is 8.79. The van der Waals surface area contributed by atoms with E-state index >= 15 is 0 Å². The molecule has 0 amide bonds. The van der Waals surface area contributed by atoms with Crippen molar-refractivity contribution in [2.24, 2.45) is 12.0 Å². The monoisotopic (exact) mass is 378 g/mol. The summed E-state index contributed by atoms with van der Waals surface area (Å²) in [4.78, 5) is 4.26. The number of hydrogen-bond acceptors (Lipinski definition) is 2. The van der Waals surface area contributed by atoms with Gasteiger partial charge in [0.15, 0.2) is 5.96 Å². The molecule has 2 rings (SSSR count). The zero-order valence-corrected chi connectivity index (χ0v) is 13.9. The van der Waals surface area contributed by atoms with Crippen LogP contribution in [0, 0.1) is 0 Å². The fourth-order valence-electron chi connectivity index (χ4n) is 2.08. The lowest BCUT2D eigenvalue weighted by Gasteiger charge is -2.25. The van der Waals surface area contributed by atoms with Crippen LogP contribution >= 0.6 is 24.0 Å². The Morgan fingerprint density at radius 2 is 2.21 bits per heavy atom. The largest absolute Gasteiger partial charge is 0.381 e. The molecule has 1 aliphatic heterocycles. The minimum atomic E-state index is 0. The van der Waals surface area contributed by atoms with E-state index in [2.05, 4.69) is 26.3 Å². The first kappa shape index (κ1) is 16.3. The lowest BCUT2D eigenvalue weighted by Crippen LogP contribution is -2.45. The predicted molar refractivity (Wildman–Crippen MR) is 88.0 cm³/mol. The average molecular weight is 378 g/mol. The number of hydrogen-bond donors (Lipinski definition) is 2. The standard InChI is InChI=1S/C13H22N4O.HI/c1-14-13(16-11-5-8-18-9-6-11)15-10-12-4-3-7-17(12)2;/h3-4,7,11H,5-6,8-10H2,1-2H3,(H2,14,15,16);1H. The Labute approximate surface area is 131 Å². The van der Waals surface area contributed by atoms with Crippen LogP contribution in [0.4, 0.5) is 0 Å². The van der Waals surface area contributed by atoms with Gasteiger partial charge < -0.3 is 19.9 Å². The summed E-state index contributed by atoms with van der Waals surface area (Å²) in [5, 5.41) is 6.77. The number of halogens is 1. The number of aryl methyl sites for hydroxylation is 1. The Balaban J connectivity index is 0.00000180. The smallest absolute Gasteiger partial charge is 0.191 e. The number of guanidine groups is 1. The molecule has 1 saturated heterocycles. The summed E-state index contributed by atoms with van der Waals surface area (Å²) in [6, 6.07) is 4.62. The van der Waals surface area contributed by atoms with E-state index in [-0.39, 0.29) is 24.0 Å². The summed E-state index contributed by atoms with van der Waals surface area (Å²) in [5.41, 5.74) is 1.24. The van der Waals surface area contributed by atoms with Gasteiger partial charge in [0.2, 0.25) is 0 Å². The normalized spacial score (nSPS) is 16.8. The molecule has 1 aromatic rings. The molecule has 0 radical (unpaired) electrons. The van der Waals surface area contributed by atoms with Gasteiger partial charge in [0, 0.05) is 45.2 Å². The van der Waals surface area contributed by atoms with Gasteiger partial charge in [0.05, 0.1) is 6.54 Å². The van der Waals surface area contributed by atoms with Crippen LogP contribution in [0.3, 0.4) is 0 Å². The second-order valence-corrected chi connectivity index (χ2v) is 4.57. The molecule has 1 aliphatic rings. The third kappa shape index (κ3) is 5.02. The fraction of sp³-hybridized carbons (Fsp3) is 0.615. The van der Waals surface area contributed by atoms with E-state index in [9.17, 15) is 0 Å². The Morgan fingerprint density at radius 1 is 1.47 bits per heavy atom. The second-order valence-electron chi connectivity index (χ2n) is 4.57. The first-order valence-corrected chi connectivity index (χ1v) is 6.44. The highest BCUT2D eigenvalue weighted by molar-refractivity contribution is 14.0. The number of ether oxygens (including phenoxy) is 1. The van der Waals surface area contributed by atoms with Gasteiger partial charge in [-0.05, 0) is 25.0 Å². The van der Waals surface area contributed by atoms with Crippen LogP contribution in [0.5, 0.6) is 0 Å². The number of nitrogens with zero attached hydrogens (tertiary/aromatic N) is 2. The molecular formula is C13H23IN4O. The minimum Gasteiger partial charge on any atom is -0.381 e. The van der Waals surface area contributed by atoms with Gasteiger partial charge in [-0.1, -0.05) is 0 Å². The second kappa shape index (κ2) is 8.42. The predicted octanol–water partition coefficient (Wildman–Crippen LogP) is 1.49. The van der Waals surface area contributed by atoms with E-state index < -0.39 is 0 Å². The van der Waals surface area contributed by atoms with Crippen molar-refractivity contribution < 1.29 is 4.74 Å². The number of aromatic nitrogens is 1. The van der Waals surface area contributed by atoms with Crippen LogP contribution in [0.15, 0.2) is 23.3 Å². The number of rotatable bonds is 3. The van der Waals surface area contributed by atoms with Crippen molar-refractivity contribution in [3.05, 3.63) is 24.0 Å². The maximum absolute atomic E-state index is 5.35. The number of aliphatic imine (C=N–C) groups is 1. The van der Waals surface area contributed by atoms with E-state index in [1.54, 1.807) is 7.05 Å². The van der Waals surface area contributed by atoms with Crippen molar-refractivity contribution in [1.82, 2.24) is 15.2 Å². The third-order valence-electron chi connectivity index (χ3n) is 3.27. The molecule has 1 fully saturated rings.